The standard InChI is InChI=1S/C7H12O5/c1-5(9)2-6(10)3-7(11)12-4-8/h4-6,9-10H,2-3H2,1H3. The van der Waals surface area contributed by atoms with Gasteiger partial charge in [-0.15, -0.1) is 0 Å². The van der Waals surface area contributed by atoms with E-state index in [1.807, 2.05) is 0 Å². The lowest BCUT2D eigenvalue weighted by atomic mass is 10.1. The van der Waals surface area contributed by atoms with E-state index in [0.29, 0.717) is 0 Å². The SMILES string of the molecule is CC(O)CC(O)CC(=O)OC=O. The van der Waals surface area contributed by atoms with Crippen molar-refractivity contribution >= 4 is 12.4 Å². The van der Waals surface area contributed by atoms with E-state index in [-0.39, 0.29) is 19.3 Å². The molecule has 70 valence electrons. The molecule has 0 amide bonds. The molecule has 0 aliphatic heterocycles. The van der Waals surface area contributed by atoms with E-state index in [0.717, 1.165) is 0 Å². The number of hydrogen-bond donors (Lipinski definition) is 2. The van der Waals surface area contributed by atoms with Crippen molar-refractivity contribution in [3.05, 3.63) is 0 Å². The van der Waals surface area contributed by atoms with E-state index in [9.17, 15) is 9.59 Å². The van der Waals surface area contributed by atoms with Crippen molar-refractivity contribution < 1.29 is 24.5 Å². The van der Waals surface area contributed by atoms with Gasteiger partial charge in [-0.05, 0) is 13.3 Å². The number of esters is 1. The number of rotatable bonds is 5. The fraction of sp³-hybridized carbons (Fsp3) is 0.714. The van der Waals surface area contributed by atoms with Crippen LogP contribution in [0, 0.1) is 0 Å². The van der Waals surface area contributed by atoms with Crippen molar-refractivity contribution in [2.24, 2.45) is 0 Å². The molecule has 0 aliphatic carbocycles. The summed E-state index contributed by atoms with van der Waals surface area (Å²) in [6.07, 6.45) is -1.82. The molecule has 5 nitrogen and oxygen atoms in total. The highest BCUT2D eigenvalue weighted by atomic mass is 16.6. The van der Waals surface area contributed by atoms with Gasteiger partial charge in [0.25, 0.3) is 0 Å². The Kier molecular flexibility index (Phi) is 5.23. The third-order valence-electron chi connectivity index (χ3n) is 1.20. The average molecular weight is 176 g/mol. The molecule has 0 rings (SSSR count). The minimum absolute atomic E-state index is 0.0113. The zero-order valence-corrected chi connectivity index (χ0v) is 6.77. The highest BCUT2D eigenvalue weighted by molar-refractivity contribution is 5.76. The fourth-order valence-electron chi connectivity index (χ4n) is 0.771. The van der Waals surface area contributed by atoms with Gasteiger partial charge in [0.2, 0.25) is 0 Å². The number of hydrogen-bond acceptors (Lipinski definition) is 5. The Bertz CT molecular complexity index is 154. The molecule has 0 saturated heterocycles. The predicted octanol–water partition coefficient (Wildman–Crippen LogP) is -0.792. The number of carbonyl (C=O) groups is 2. The normalized spacial score (nSPS) is 14.9. The summed E-state index contributed by atoms with van der Waals surface area (Å²) in [5.74, 6) is -0.793. The van der Waals surface area contributed by atoms with Crippen molar-refractivity contribution in [2.45, 2.75) is 32.0 Å². The van der Waals surface area contributed by atoms with Gasteiger partial charge in [-0.25, -0.2) is 0 Å². The van der Waals surface area contributed by atoms with Crippen LogP contribution in [0.3, 0.4) is 0 Å². The largest absolute Gasteiger partial charge is 0.395 e. The first kappa shape index (κ1) is 11.1. The maximum atomic E-state index is 10.5. The molecule has 2 atom stereocenters. The summed E-state index contributed by atoms with van der Waals surface area (Å²) in [4.78, 5) is 20.2. The topological polar surface area (TPSA) is 83.8 Å². The van der Waals surface area contributed by atoms with Crippen molar-refractivity contribution in [1.82, 2.24) is 0 Å². The summed E-state index contributed by atoms with van der Waals surface area (Å²) >= 11 is 0. The Morgan fingerprint density at radius 3 is 2.58 bits per heavy atom. The van der Waals surface area contributed by atoms with E-state index in [2.05, 4.69) is 4.74 Å². The molecule has 0 aromatic carbocycles. The lowest BCUT2D eigenvalue weighted by molar-refractivity contribution is -0.153. The summed E-state index contributed by atoms with van der Waals surface area (Å²) in [5, 5.41) is 17.8. The Morgan fingerprint density at radius 1 is 1.58 bits per heavy atom. The second-order valence-electron chi connectivity index (χ2n) is 2.53. The molecular weight excluding hydrogens is 164 g/mol. The van der Waals surface area contributed by atoms with Crippen molar-refractivity contribution in [3.8, 4) is 0 Å². The van der Waals surface area contributed by atoms with Gasteiger partial charge in [-0.1, -0.05) is 0 Å². The first-order chi connectivity index (χ1) is 5.56. The molecule has 2 N–H and O–H groups in total. The Labute approximate surface area is 70.0 Å². The van der Waals surface area contributed by atoms with Crippen LogP contribution in [0.25, 0.3) is 0 Å². The van der Waals surface area contributed by atoms with Crippen LogP contribution in [0.5, 0.6) is 0 Å². The van der Waals surface area contributed by atoms with E-state index >= 15 is 0 Å². The fourth-order valence-corrected chi connectivity index (χ4v) is 0.771. The van der Waals surface area contributed by atoms with Crippen molar-refractivity contribution in [2.75, 3.05) is 0 Å². The van der Waals surface area contributed by atoms with Crippen LogP contribution in [0.1, 0.15) is 19.8 Å². The van der Waals surface area contributed by atoms with Crippen LogP contribution in [0.15, 0.2) is 0 Å². The molecule has 12 heavy (non-hydrogen) atoms. The zero-order valence-electron chi connectivity index (χ0n) is 6.77. The van der Waals surface area contributed by atoms with Crippen LogP contribution in [-0.2, 0) is 14.3 Å². The number of aliphatic hydroxyl groups excluding tert-OH is 2. The first-order valence-corrected chi connectivity index (χ1v) is 3.55. The molecular formula is C7H12O5. The van der Waals surface area contributed by atoms with Gasteiger partial charge < -0.3 is 14.9 Å². The second-order valence-corrected chi connectivity index (χ2v) is 2.53. The van der Waals surface area contributed by atoms with Crippen LogP contribution in [-0.4, -0.2) is 34.9 Å². The Balaban J connectivity index is 3.60. The first-order valence-electron chi connectivity index (χ1n) is 3.55. The maximum Gasteiger partial charge on any atom is 0.315 e. The van der Waals surface area contributed by atoms with Crippen molar-refractivity contribution in [1.29, 1.82) is 0 Å². The highest BCUT2D eigenvalue weighted by Crippen LogP contribution is 2.02. The average Bonchev–Trinajstić information content (AvgIpc) is 1.84. The van der Waals surface area contributed by atoms with Crippen LogP contribution >= 0.6 is 0 Å². The Hall–Kier alpha value is -0.940. The molecule has 0 bridgehead atoms. The lowest BCUT2D eigenvalue weighted by Crippen LogP contribution is -2.19. The zero-order chi connectivity index (χ0) is 9.56. The summed E-state index contributed by atoms with van der Waals surface area (Å²) in [6, 6.07) is 0. The summed E-state index contributed by atoms with van der Waals surface area (Å²) in [7, 11) is 0. The molecule has 0 aromatic heterocycles. The maximum absolute atomic E-state index is 10.5. The lowest BCUT2D eigenvalue weighted by Gasteiger charge is -2.09. The van der Waals surface area contributed by atoms with Gasteiger partial charge in [0.1, 0.15) is 0 Å². The molecule has 0 spiro atoms. The molecule has 0 fully saturated rings. The minimum atomic E-state index is -0.961. The van der Waals surface area contributed by atoms with Gasteiger partial charge >= 0.3 is 12.4 Å². The van der Waals surface area contributed by atoms with Gasteiger partial charge in [-0.3, -0.25) is 9.59 Å². The van der Waals surface area contributed by atoms with Crippen molar-refractivity contribution in [3.63, 3.8) is 0 Å². The van der Waals surface area contributed by atoms with Gasteiger partial charge in [0, 0.05) is 0 Å². The van der Waals surface area contributed by atoms with Crippen LogP contribution in [0.4, 0.5) is 0 Å². The van der Waals surface area contributed by atoms with Gasteiger partial charge in [-0.2, -0.15) is 0 Å². The molecule has 2 unspecified atom stereocenters. The molecule has 0 heterocycles. The highest BCUT2D eigenvalue weighted by Gasteiger charge is 2.13. The number of carbonyl (C=O) groups excluding carboxylic acids is 2. The van der Waals surface area contributed by atoms with E-state index < -0.39 is 18.2 Å². The molecule has 0 aliphatic rings. The molecule has 0 saturated carbocycles. The van der Waals surface area contributed by atoms with E-state index in [4.69, 9.17) is 10.2 Å². The van der Waals surface area contributed by atoms with Crippen LogP contribution in [0.2, 0.25) is 0 Å². The number of aliphatic hydroxyl groups is 2. The predicted molar refractivity (Wildman–Crippen MR) is 39.1 cm³/mol. The Morgan fingerprint density at radius 2 is 2.17 bits per heavy atom. The minimum Gasteiger partial charge on any atom is -0.395 e. The molecule has 0 aromatic rings. The van der Waals surface area contributed by atoms with Gasteiger partial charge in [0.15, 0.2) is 0 Å². The third-order valence-corrected chi connectivity index (χ3v) is 1.20. The number of ether oxygens (including phenoxy) is 1. The molecule has 0 radical (unpaired) electrons. The summed E-state index contributed by atoms with van der Waals surface area (Å²) in [6.45, 7) is 1.51. The smallest absolute Gasteiger partial charge is 0.315 e. The van der Waals surface area contributed by atoms with Crippen LogP contribution < -0.4 is 0 Å². The molecule has 5 heteroatoms. The quantitative estimate of drug-likeness (QED) is 0.326. The summed E-state index contributed by atoms with van der Waals surface area (Å²) < 4.78 is 3.93. The van der Waals surface area contributed by atoms with E-state index in [1.165, 1.54) is 6.92 Å². The second kappa shape index (κ2) is 5.68. The third kappa shape index (κ3) is 5.82. The van der Waals surface area contributed by atoms with Gasteiger partial charge in [0.05, 0.1) is 18.6 Å². The van der Waals surface area contributed by atoms with E-state index in [1.54, 1.807) is 0 Å². The summed E-state index contributed by atoms with van der Waals surface area (Å²) in [5.41, 5.74) is 0. The monoisotopic (exact) mass is 176 g/mol.